The van der Waals surface area contributed by atoms with Gasteiger partial charge in [0, 0.05) is 52.6 Å². The van der Waals surface area contributed by atoms with Crippen molar-refractivity contribution >= 4 is 45.4 Å². The lowest BCUT2D eigenvalue weighted by Gasteiger charge is -2.33. The Morgan fingerprint density at radius 2 is 0.630 bits per heavy atom. The van der Waals surface area contributed by atoms with E-state index in [1.807, 2.05) is 22.7 Å². The second-order valence-corrected chi connectivity index (χ2v) is 26.7. The molecule has 0 N–H and O–H groups in total. The minimum absolute atomic E-state index is 0.0383. The third-order valence-electron chi connectivity index (χ3n) is 18.6. The Bertz CT molecular complexity index is 3200. The van der Waals surface area contributed by atoms with E-state index in [0.29, 0.717) is 0 Å². The molecule has 0 bridgehead atoms. The van der Waals surface area contributed by atoms with E-state index < -0.39 is 0 Å². The van der Waals surface area contributed by atoms with Crippen molar-refractivity contribution in [1.29, 1.82) is 0 Å². The second kappa shape index (κ2) is 28.1. The van der Waals surface area contributed by atoms with Crippen LogP contribution in [0.25, 0.3) is 75.0 Å². The Kier molecular flexibility index (Phi) is 20.4. The number of thiophene rings is 2. The number of rotatable bonds is 32. The number of unbranched alkanes of at least 4 members (excludes halogenated alkanes) is 20. The maximum absolute atomic E-state index is 6.14. The highest BCUT2D eigenvalue weighted by molar-refractivity contribution is 7.19. The van der Waals surface area contributed by atoms with E-state index in [-0.39, 0.29) is 10.8 Å². The monoisotopic (exact) mass is 1120 g/mol. The summed E-state index contributed by atoms with van der Waals surface area (Å²) in [6.45, 7) is 9.25. The van der Waals surface area contributed by atoms with Crippen LogP contribution in [0.3, 0.4) is 0 Å². The van der Waals surface area contributed by atoms with Crippen LogP contribution in [0.4, 0.5) is 0 Å². The van der Waals surface area contributed by atoms with Crippen LogP contribution in [0.1, 0.15) is 241 Å². The topological polar surface area (TPSA) is 25.8 Å². The number of aromatic nitrogens is 2. The summed E-state index contributed by atoms with van der Waals surface area (Å²) < 4.78 is 10.1. The SMILES string of the molecule is C#Cc1ccc2c(c1)C(CCCCCCCC)(CCCCCCCC)c1cc(-c3ccc(-c4ccc(-c5ccc(-c6ccc7c(c6)C(CCCCCCCC)(CCCCCCCC)c6cc(C#C)ccc6-7)s5)c5nsnc45)s3)ccc1-2. The van der Waals surface area contributed by atoms with Crippen LogP contribution < -0.4 is 0 Å². The predicted molar refractivity (Wildman–Crippen MR) is 355 cm³/mol. The second-order valence-electron chi connectivity index (χ2n) is 24.0. The molecule has 0 atom stereocenters. The molecule has 2 aliphatic rings. The molecule has 3 heterocycles. The van der Waals surface area contributed by atoms with E-state index in [2.05, 4.69) is 149 Å². The number of nitrogens with zero attached hydrogens (tertiary/aromatic N) is 2. The van der Waals surface area contributed by atoms with Crippen molar-refractivity contribution in [2.45, 2.75) is 218 Å². The van der Waals surface area contributed by atoms with Gasteiger partial charge in [-0.15, -0.1) is 35.5 Å². The fourth-order valence-corrected chi connectivity index (χ4v) is 16.8. The van der Waals surface area contributed by atoms with Crippen molar-refractivity contribution in [2.75, 3.05) is 0 Å². The molecule has 2 aliphatic carbocycles. The number of benzene rings is 5. The van der Waals surface area contributed by atoms with Gasteiger partial charge in [-0.2, -0.15) is 8.75 Å². The molecule has 2 nitrogen and oxygen atoms in total. The average Bonchev–Trinajstić information content (AvgIpc) is 3.82. The molecule has 0 radical (unpaired) electrons. The number of terminal acetylenes is 2. The molecule has 0 aliphatic heterocycles. The van der Waals surface area contributed by atoms with Crippen LogP contribution in [0.2, 0.25) is 0 Å². The van der Waals surface area contributed by atoms with Crippen LogP contribution in [-0.4, -0.2) is 8.75 Å². The van der Waals surface area contributed by atoms with Gasteiger partial charge < -0.3 is 0 Å². The first-order valence-corrected chi connectivity index (χ1v) is 34.2. The van der Waals surface area contributed by atoms with E-state index in [1.165, 1.54) is 267 Å². The Morgan fingerprint density at radius 1 is 0.333 bits per heavy atom. The molecule has 0 spiro atoms. The average molecular weight is 1130 g/mol. The first kappa shape index (κ1) is 58.6. The van der Waals surface area contributed by atoms with Gasteiger partial charge in [0.2, 0.25) is 0 Å². The lowest BCUT2D eigenvalue weighted by atomic mass is 9.70. The molecule has 0 fully saturated rings. The fraction of sp³-hybridized carbons (Fsp3) is 0.447. The smallest absolute Gasteiger partial charge is 0.114 e. The van der Waals surface area contributed by atoms with Gasteiger partial charge in [0.05, 0.1) is 11.7 Å². The Labute approximate surface area is 500 Å². The van der Waals surface area contributed by atoms with Crippen molar-refractivity contribution in [3.63, 3.8) is 0 Å². The Morgan fingerprint density at radius 3 is 0.975 bits per heavy atom. The van der Waals surface area contributed by atoms with Crippen LogP contribution in [-0.2, 0) is 10.8 Å². The van der Waals surface area contributed by atoms with E-state index in [1.54, 1.807) is 0 Å². The molecular weight excluding hydrogens is 1040 g/mol. The largest absolute Gasteiger partial charge is 0.172 e. The van der Waals surface area contributed by atoms with Gasteiger partial charge in [-0.25, -0.2) is 0 Å². The fourth-order valence-electron chi connectivity index (χ4n) is 14.2. The zero-order chi connectivity index (χ0) is 56.0. The first-order chi connectivity index (χ1) is 39.9. The highest BCUT2D eigenvalue weighted by Crippen LogP contribution is 2.58. The van der Waals surface area contributed by atoms with Gasteiger partial charge in [-0.3, -0.25) is 0 Å². The van der Waals surface area contributed by atoms with Crippen molar-refractivity contribution in [1.82, 2.24) is 8.75 Å². The molecule has 5 aromatic carbocycles. The maximum atomic E-state index is 6.14. The highest BCUT2D eigenvalue weighted by Gasteiger charge is 2.44. The molecule has 3 aromatic heterocycles. The molecule has 5 heteroatoms. The van der Waals surface area contributed by atoms with Gasteiger partial charge in [-0.1, -0.05) is 242 Å². The van der Waals surface area contributed by atoms with Crippen molar-refractivity contribution in [2.24, 2.45) is 0 Å². The normalized spacial score (nSPS) is 13.5. The number of hydrogen-bond donors (Lipinski definition) is 0. The molecule has 81 heavy (non-hydrogen) atoms. The summed E-state index contributed by atoms with van der Waals surface area (Å²) in [5.74, 6) is 6.03. The first-order valence-electron chi connectivity index (χ1n) is 31.9. The van der Waals surface area contributed by atoms with Crippen LogP contribution in [0, 0.1) is 24.7 Å². The molecule has 0 saturated carbocycles. The molecule has 0 amide bonds. The lowest BCUT2D eigenvalue weighted by Crippen LogP contribution is -2.25. The van der Waals surface area contributed by atoms with Crippen LogP contribution in [0.15, 0.2) is 109 Å². The van der Waals surface area contributed by atoms with E-state index >= 15 is 0 Å². The lowest BCUT2D eigenvalue weighted by molar-refractivity contribution is 0.398. The molecular formula is C76H88N2S3. The zero-order valence-electron chi connectivity index (χ0n) is 49.5. The molecule has 8 aromatic rings. The highest BCUT2D eigenvalue weighted by atomic mass is 32.1. The van der Waals surface area contributed by atoms with E-state index in [4.69, 9.17) is 21.6 Å². The quantitative estimate of drug-likeness (QED) is 0.0310. The van der Waals surface area contributed by atoms with E-state index in [0.717, 1.165) is 33.3 Å². The summed E-state index contributed by atoms with van der Waals surface area (Å²) in [4.78, 5) is 5.04. The van der Waals surface area contributed by atoms with E-state index in [9.17, 15) is 0 Å². The zero-order valence-corrected chi connectivity index (χ0v) is 51.9. The third-order valence-corrected chi connectivity index (χ3v) is 21.5. The van der Waals surface area contributed by atoms with Crippen molar-refractivity contribution < 1.29 is 0 Å². The Balaban J connectivity index is 0.938. The van der Waals surface area contributed by atoms with Crippen molar-refractivity contribution in [3.8, 4) is 88.7 Å². The summed E-state index contributed by atoms with van der Waals surface area (Å²) in [6.07, 6.45) is 48.1. The summed E-state index contributed by atoms with van der Waals surface area (Å²) in [6, 6.07) is 42.4. The predicted octanol–water partition coefficient (Wildman–Crippen LogP) is 24.0. The van der Waals surface area contributed by atoms with Crippen molar-refractivity contribution in [3.05, 3.63) is 143 Å². The minimum Gasteiger partial charge on any atom is -0.172 e. The van der Waals surface area contributed by atoms with Gasteiger partial charge in [0.1, 0.15) is 11.0 Å². The van der Waals surface area contributed by atoms with Crippen LogP contribution >= 0.6 is 34.4 Å². The number of fused-ring (bicyclic) bond motifs is 7. The summed E-state index contributed by atoms with van der Waals surface area (Å²) in [7, 11) is 0. The van der Waals surface area contributed by atoms with Gasteiger partial charge in [0.25, 0.3) is 0 Å². The molecule has 0 saturated heterocycles. The van der Waals surface area contributed by atoms with Crippen LogP contribution in [0.5, 0.6) is 0 Å². The third kappa shape index (κ3) is 12.7. The van der Waals surface area contributed by atoms with Gasteiger partial charge >= 0.3 is 0 Å². The summed E-state index contributed by atoms with van der Waals surface area (Å²) >= 11 is 5.09. The van der Waals surface area contributed by atoms with Gasteiger partial charge in [0.15, 0.2) is 0 Å². The summed E-state index contributed by atoms with van der Waals surface area (Å²) in [5.41, 5.74) is 20.3. The molecule has 0 unspecified atom stereocenters. The molecule has 420 valence electrons. The maximum Gasteiger partial charge on any atom is 0.114 e. The number of hydrogen-bond acceptors (Lipinski definition) is 5. The summed E-state index contributed by atoms with van der Waals surface area (Å²) in [5, 5.41) is 0. The Hall–Kier alpha value is -5.56. The minimum atomic E-state index is -0.0383. The standard InChI is InChI=1S/C76H88N2S3/c1-7-13-17-21-25-29-47-75(48-30-26-22-18-14-8-2)65-51-55(11-5)33-37-59(65)61-39-35-57(53-67(61)75)69-43-45-71(79-69)63-41-42-64(74-73(63)77-81-78-74)72-46-44-70(80-72)58-36-40-62-60-38-34-56(12-6)52-66(60)76(68(62)54-58,49-31-27-23-19-15-9-3)50-32-28-24-20-16-10-4/h5-6,33-46,51-54H,7-10,13-32,47-50H2,1-4H3. The molecule has 10 rings (SSSR count). The van der Waals surface area contributed by atoms with Gasteiger partial charge in [-0.05, 0) is 142 Å².